The summed E-state index contributed by atoms with van der Waals surface area (Å²) in [5.74, 6) is 1.71. The van der Waals surface area contributed by atoms with E-state index in [0.717, 1.165) is 30.9 Å². The van der Waals surface area contributed by atoms with Gasteiger partial charge in [0.05, 0.1) is 13.2 Å². The molecule has 1 N–H and O–H groups in total. The first-order valence-electron chi connectivity index (χ1n) is 7.56. The van der Waals surface area contributed by atoms with Crippen molar-refractivity contribution in [3.8, 4) is 11.5 Å². The summed E-state index contributed by atoms with van der Waals surface area (Å²) in [5, 5.41) is 3.49. The molecule has 20 heavy (non-hydrogen) atoms. The summed E-state index contributed by atoms with van der Waals surface area (Å²) < 4.78 is 11.5. The molecule has 1 aliphatic carbocycles. The van der Waals surface area contributed by atoms with Gasteiger partial charge in [0, 0.05) is 12.1 Å². The Morgan fingerprint density at radius 1 is 1.15 bits per heavy atom. The first-order valence-corrected chi connectivity index (χ1v) is 7.56. The van der Waals surface area contributed by atoms with Crippen LogP contribution < -0.4 is 14.8 Å². The quantitative estimate of drug-likeness (QED) is 0.885. The maximum Gasteiger partial charge on any atom is 0.161 e. The van der Waals surface area contributed by atoms with Gasteiger partial charge in [0.25, 0.3) is 0 Å². The van der Waals surface area contributed by atoms with Gasteiger partial charge in [-0.2, -0.15) is 0 Å². The highest BCUT2D eigenvalue weighted by molar-refractivity contribution is 5.43. The molecule has 0 saturated heterocycles. The summed E-state index contributed by atoms with van der Waals surface area (Å²) in [5.41, 5.74) is 1.34. The number of benzene rings is 1. The molecule has 3 nitrogen and oxygen atoms in total. The summed E-state index contributed by atoms with van der Waals surface area (Å²) in [6.07, 6.45) is 5.25. The second-order valence-corrected chi connectivity index (χ2v) is 6.61. The minimum absolute atomic E-state index is 0.117. The van der Waals surface area contributed by atoms with Gasteiger partial charge in [0.15, 0.2) is 11.5 Å². The molecule has 1 fully saturated rings. The molecule has 1 aliphatic rings. The van der Waals surface area contributed by atoms with Gasteiger partial charge in [-0.3, -0.25) is 0 Å². The predicted octanol–water partition coefficient (Wildman–Crippen LogP) is 3.90. The Kier molecular flexibility index (Phi) is 4.92. The fourth-order valence-electron chi connectivity index (χ4n) is 2.47. The minimum atomic E-state index is 0.117. The van der Waals surface area contributed by atoms with Crippen molar-refractivity contribution in [2.24, 2.45) is 0 Å². The van der Waals surface area contributed by atoms with Crippen LogP contribution in [0.3, 0.4) is 0 Å². The van der Waals surface area contributed by atoms with E-state index in [1.807, 2.05) is 6.07 Å². The first kappa shape index (κ1) is 15.2. The maximum atomic E-state index is 6.05. The van der Waals surface area contributed by atoms with Crippen molar-refractivity contribution < 1.29 is 9.47 Å². The Labute approximate surface area is 122 Å². The molecule has 0 aromatic heterocycles. The number of methoxy groups -OCH3 is 1. The second kappa shape index (κ2) is 6.49. The molecule has 0 radical (unpaired) electrons. The Morgan fingerprint density at radius 2 is 1.85 bits per heavy atom. The molecular formula is C17H27NO2. The van der Waals surface area contributed by atoms with Crippen LogP contribution >= 0.6 is 0 Å². The van der Waals surface area contributed by atoms with Crippen molar-refractivity contribution in [3.05, 3.63) is 23.8 Å². The molecule has 3 heteroatoms. The molecule has 0 spiro atoms. The van der Waals surface area contributed by atoms with E-state index in [1.165, 1.54) is 18.4 Å². The zero-order valence-corrected chi connectivity index (χ0v) is 13.2. The number of ether oxygens (including phenoxy) is 2. The average molecular weight is 277 g/mol. The van der Waals surface area contributed by atoms with E-state index in [2.05, 4.69) is 38.2 Å². The van der Waals surface area contributed by atoms with Crippen LogP contribution in [0, 0.1) is 0 Å². The Bertz CT molecular complexity index is 431. The lowest BCUT2D eigenvalue weighted by molar-refractivity contribution is 0.200. The fraction of sp³-hybridized carbons (Fsp3) is 0.647. The monoisotopic (exact) mass is 277 g/mol. The number of hydrogen-bond donors (Lipinski definition) is 1. The summed E-state index contributed by atoms with van der Waals surface area (Å²) in [6.45, 7) is 7.34. The van der Waals surface area contributed by atoms with Crippen LogP contribution in [0.2, 0.25) is 0 Å². The second-order valence-electron chi connectivity index (χ2n) is 6.61. The molecular weight excluding hydrogens is 250 g/mol. The maximum absolute atomic E-state index is 6.05. The van der Waals surface area contributed by atoms with Crippen molar-refractivity contribution in [1.82, 2.24) is 5.32 Å². The topological polar surface area (TPSA) is 30.5 Å². The molecule has 1 aromatic carbocycles. The SMILES string of the molecule is COc1cc(CNC(C)(C)C)ccc1OC1CCCC1. The van der Waals surface area contributed by atoms with Gasteiger partial charge in [-0.05, 0) is 64.2 Å². The lowest BCUT2D eigenvalue weighted by Crippen LogP contribution is -2.35. The van der Waals surface area contributed by atoms with Crippen LogP contribution in [0.1, 0.15) is 52.0 Å². The van der Waals surface area contributed by atoms with Gasteiger partial charge < -0.3 is 14.8 Å². The van der Waals surface area contributed by atoms with E-state index < -0.39 is 0 Å². The van der Waals surface area contributed by atoms with Crippen LogP contribution in [0.5, 0.6) is 11.5 Å². The minimum Gasteiger partial charge on any atom is -0.493 e. The van der Waals surface area contributed by atoms with E-state index in [0.29, 0.717) is 6.10 Å². The van der Waals surface area contributed by atoms with E-state index in [9.17, 15) is 0 Å². The Morgan fingerprint density at radius 3 is 2.45 bits per heavy atom. The molecule has 2 rings (SSSR count). The van der Waals surface area contributed by atoms with Crippen molar-refractivity contribution in [3.63, 3.8) is 0 Å². The Hall–Kier alpha value is -1.22. The fourth-order valence-corrected chi connectivity index (χ4v) is 2.47. The zero-order valence-electron chi connectivity index (χ0n) is 13.2. The van der Waals surface area contributed by atoms with Gasteiger partial charge in [-0.15, -0.1) is 0 Å². The van der Waals surface area contributed by atoms with Gasteiger partial charge in [-0.1, -0.05) is 6.07 Å². The third kappa shape index (κ3) is 4.41. The smallest absolute Gasteiger partial charge is 0.161 e. The van der Waals surface area contributed by atoms with Crippen LogP contribution in [0.25, 0.3) is 0 Å². The van der Waals surface area contributed by atoms with E-state index in [4.69, 9.17) is 9.47 Å². The highest BCUT2D eigenvalue weighted by Crippen LogP contribution is 2.32. The van der Waals surface area contributed by atoms with Gasteiger partial charge >= 0.3 is 0 Å². The van der Waals surface area contributed by atoms with Crippen molar-refractivity contribution in [2.45, 2.75) is 64.6 Å². The van der Waals surface area contributed by atoms with Crippen LogP contribution in [-0.4, -0.2) is 18.8 Å². The summed E-state index contributed by atoms with van der Waals surface area (Å²) >= 11 is 0. The normalized spacial score (nSPS) is 16.4. The van der Waals surface area contributed by atoms with E-state index in [-0.39, 0.29) is 5.54 Å². The van der Waals surface area contributed by atoms with Crippen molar-refractivity contribution in [1.29, 1.82) is 0 Å². The third-order valence-corrected chi connectivity index (χ3v) is 3.65. The molecule has 1 saturated carbocycles. The van der Waals surface area contributed by atoms with E-state index in [1.54, 1.807) is 7.11 Å². The molecule has 0 aliphatic heterocycles. The largest absolute Gasteiger partial charge is 0.493 e. The summed E-state index contributed by atoms with van der Waals surface area (Å²) in [6, 6.07) is 6.23. The lowest BCUT2D eigenvalue weighted by Gasteiger charge is -2.21. The third-order valence-electron chi connectivity index (χ3n) is 3.65. The van der Waals surface area contributed by atoms with Crippen molar-refractivity contribution in [2.75, 3.05) is 7.11 Å². The van der Waals surface area contributed by atoms with Gasteiger partial charge in [0.1, 0.15) is 0 Å². The Balaban J connectivity index is 2.03. The number of hydrogen-bond acceptors (Lipinski definition) is 3. The lowest BCUT2D eigenvalue weighted by atomic mass is 10.1. The molecule has 0 unspecified atom stereocenters. The predicted molar refractivity (Wildman–Crippen MR) is 82.5 cm³/mol. The van der Waals surface area contributed by atoms with Crippen LogP contribution in [-0.2, 0) is 6.54 Å². The van der Waals surface area contributed by atoms with Crippen LogP contribution in [0.4, 0.5) is 0 Å². The first-order chi connectivity index (χ1) is 9.48. The zero-order chi connectivity index (χ0) is 14.6. The molecule has 112 valence electrons. The number of nitrogens with one attached hydrogen (secondary N) is 1. The van der Waals surface area contributed by atoms with E-state index >= 15 is 0 Å². The number of rotatable bonds is 5. The highest BCUT2D eigenvalue weighted by atomic mass is 16.5. The average Bonchev–Trinajstić information content (AvgIpc) is 2.89. The molecule has 0 heterocycles. The standard InChI is InChI=1S/C17H27NO2/c1-17(2,3)18-12-13-9-10-15(16(11-13)19-4)20-14-7-5-6-8-14/h9-11,14,18H,5-8,12H2,1-4H3. The molecule has 0 amide bonds. The van der Waals surface area contributed by atoms with Crippen molar-refractivity contribution >= 4 is 0 Å². The summed E-state index contributed by atoms with van der Waals surface area (Å²) in [7, 11) is 1.71. The molecule has 1 aromatic rings. The summed E-state index contributed by atoms with van der Waals surface area (Å²) in [4.78, 5) is 0. The van der Waals surface area contributed by atoms with Gasteiger partial charge in [-0.25, -0.2) is 0 Å². The van der Waals surface area contributed by atoms with Gasteiger partial charge in [0.2, 0.25) is 0 Å². The molecule has 0 atom stereocenters. The highest BCUT2D eigenvalue weighted by Gasteiger charge is 2.18. The molecule has 0 bridgehead atoms. The van der Waals surface area contributed by atoms with Crippen LogP contribution in [0.15, 0.2) is 18.2 Å².